The number of alkyl halides is 1. The van der Waals surface area contributed by atoms with Gasteiger partial charge < -0.3 is 0 Å². The summed E-state index contributed by atoms with van der Waals surface area (Å²) in [6.45, 7) is 13.4. The van der Waals surface area contributed by atoms with Gasteiger partial charge in [0.05, 0.1) is 5.38 Å². The quantitative estimate of drug-likeness (QED) is 0.552. The zero-order valence-corrected chi connectivity index (χ0v) is 13.4. The van der Waals surface area contributed by atoms with E-state index in [9.17, 15) is 0 Å². The van der Waals surface area contributed by atoms with Gasteiger partial charge in [0.1, 0.15) is 0 Å². The summed E-state index contributed by atoms with van der Waals surface area (Å²) in [6.07, 6.45) is 1.04. The Bertz CT molecular complexity index is 377. The maximum atomic E-state index is 6.58. The molecule has 0 heterocycles. The molecule has 18 heavy (non-hydrogen) atoms. The highest BCUT2D eigenvalue weighted by molar-refractivity contribution is 6.20. The lowest BCUT2D eigenvalue weighted by molar-refractivity contribution is 0.571. The van der Waals surface area contributed by atoms with Crippen LogP contribution >= 0.6 is 11.6 Å². The molecule has 1 rings (SSSR count). The van der Waals surface area contributed by atoms with E-state index in [1.54, 1.807) is 0 Å². The van der Waals surface area contributed by atoms with Crippen LogP contribution in [0, 0.1) is 5.92 Å². The normalized spacial score (nSPS) is 13.7. The third-order valence-electron chi connectivity index (χ3n) is 3.42. The number of benzene rings is 1. The molecule has 1 aromatic rings. The van der Waals surface area contributed by atoms with Gasteiger partial charge in [-0.25, -0.2) is 0 Å². The van der Waals surface area contributed by atoms with Crippen LogP contribution in [0.1, 0.15) is 81.9 Å². The van der Waals surface area contributed by atoms with E-state index >= 15 is 0 Å². The smallest absolute Gasteiger partial charge is 0.0590 e. The number of hydrogen-bond donors (Lipinski definition) is 0. The lowest BCUT2D eigenvalue weighted by atomic mass is 9.88. The molecule has 0 nitrogen and oxygen atoms in total. The van der Waals surface area contributed by atoms with Gasteiger partial charge in [0.15, 0.2) is 0 Å². The second-order valence-corrected chi connectivity index (χ2v) is 6.82. The summed E-state index contributed by atoms with van der Waals surface area (Å²) >= 11 is 6.58. The maximum absolute atomic E-state index is 6.58. The molecule has 0 saturated carbocycles. The van der Waals surface area contributed by atoms with Crippen LogP contribution in [0.4, 0.5) is 0 Å². The predicted molar refractivity (Wildman–Crippen MR) is 82.7 cm³/mol. The van der Waals surface area contributed by atoms with Crippen molar-refractivity contribution in [2.45, 2.75) is 65.2 Å². The molecule has 0 aliphatic rings. The number of hydrogen-bond acceptors (Lipinski definition) is 0. The van der Waals surface area contributed by atoms with Crippen molar-refractivity contribution >= 4 is 11.6 Å². The van der Waals surface area contributed by atoms with Gasteiger partial charge in [-0.05, 0) is 40.9 Å². The van der Waals surface area contributed by atoms with Gasteiger partial charge in [-0.1, -0.05) is 59.7 Å². The molecule has 1 unspecified atom stereocenters. The van der Waals surface area contributed by atoms with Gasteiger partial charge in [-0.15, -0.1) is 11.6 Å². The molecule has 1 heteroatoms. The average Bonchev–Trinajstić information content (AvgIpc) is 2.26. The first-order valence-electron chi connectivity index (χ1n) is 7.10. The molecule has 0 N–H and O–H groups in total. The molecular weight excluding hydrogens is 240 g/mol. The molecule has 0 aliphatic carbocycles. The highest BCUT2D eigenvalue weighted by Gasteiger charge is 2.17. The maximum Gasteiger partial charge on any atom is 0.0590 e. The van der Waals surface area contributed by atoms with E-state index in [1.165, 1.54) is 16.7 Å². The molecule has 0 saturated heterocycles. The molecule has 0 fully saturated rings. The van der Waals surface area contributed by atoms with Crippen LogP contribution in [0.3, 0.4) is 0 Å². The Hall–Kier alpha value is -0.490. The van der Waals surface area contributed by atoms with Gasteiger partial charge >= 0.3 is 0 Å². The lowest BCUT2D eigenvalue weighted by Crippen LogP contribution is -2.04. The van der Waals surface area contributed by atoms with Crippen LogP contribution in [0.2, 0.25) is 0 Å². The highest BCUT2D eigenvalue weighted by atomic mass is 35.5. The molecule has 102 valence electrons. The summed E-state index contributed by atoms with van der Waals surface area (Å²) in [5.74, 6) is 1.75. The first kappa shape index (κ1) is 15.6. The molecule has 0 spiro atoms. The summed E-state index contributed by atoms with van der Waals surface area (Å²) in [6, 6.07) is 6.83. The second-order valence-electron chi connectivity index (χ2n) is 6.29. The number of rotatable bonds is 5. The summed E-state index contributed by atoms with van der Waals surface area (Å²) in [7, 11) is 0. The summed E-state index contributed by atoms with van der Waals surface area (Å²) in [5, 5.41) is 0.142. The summed E-state index contributed by atoms with van der Waals surface area (Å²) in [5.41, 5.74) is 4.16. The van der Waals surface area contributed by atoms with Crippen molar-refractivity contribution in [3.05, 3.63) is 34.9 Å². The molecular formula is C17H27Cl. The van der Waals surface area contributed by atoms with Crippen LogP contribution in [-0.2, 0) is 0 Å². The molecule has 1 atom stereocenters. The van der Waals surface area contributed by atoms with E-state index in [1.807, 2.05) is 0 Å². The molecule has 0 aromatic heterocycles. The Morgan fingerprint density at radius 3 is 1.94 bits per heavy atom. The summed E-state index contributed by atoms with van der Waals surface area (Å²) in [4.78, 5) is 0. The zero-order chi connectivity index (χ0) is 13.9. The predicted octanol–water partition coefficient (Wildman–Crippen LogP) is 6.26. The van der Waals surface area contributed by atoms with Gasteiger partial charge in [-0.2, -0.15) is 0 Å². The number of halogens is 1. The van der Waals surface area contributed by atoms with Gasteiger partial charge in [0.2, 0.25) is 0 Å². The van der Waals surface area contributed by atoms with Crippen molar-refractivity contribution in [2.75, 3.05) is 0 Å². The zero-order valence-electron chi connectivity index (χ0n) is 12.6. The van der Waals surface area contributed by atoms with E-state index < -0.39 is 0 Å². The van der Waals surface area contributed by atoms with E-state index in [4.69, 9.17) is 11.6 Å². The van der Waals surface area contributed by atoms with Crippen molar-refractivity contribution in [2.24, 2.45) is 5.92 Å². The monoisotopic (exact) mass is 266 g/mol. The van der Waals surface area contributed by atoms with Crippen molar-refractivity contribution < 1.29 is 0 Å². The largest absolute Gasteiger partial charge is 0.118 e. The van der Waals surface area contributed by atoms with E-state index in [0.29, 0.717) is 17.8 Å². The minimum absolute atomic E-state index is 0.142. The lowest BCUT2D eigenvalue weighted by Gasteiger charge is -2.20. The van der Waals surface area contributed by atoms with Crippen LogP contribution in [0.25, 0.3) is 0 Å². The molecule has 0 bridgehead atoms. The van der Waals surface area contributed by atoms with E-state index in [0.717, 1.165) is 6.42 Å². The summed E-state index contributed by atoms with van der Waals surface area (Å²) < 4.78 is 0. The third-order valence-corrected chi connectivity index (χ3v) is 3.83. The van der Waals surface area contributed by atoms with Gasteiger partial charge in [-0.3, -0.25) is 0 Å². The SMILES string of the molecule is CC(C)CC(Cl)c1ccc(C(C)C)cc1C(C)C. The fourth-order valence-corrected chi connectivity index (χ4v) is 2.83. The Morgan fingerprint density at radius 2 is 1.50 bits per heavy atom. The second kappa shape index (κ2) is 6.61. The van der Waals surface area contributed by atoms with Gasteiger partial charge in [0, 0.05) is 0 Å². The van der Waals surface area contributed by atoms with E-state index in [-0.39, 0.29) is 5.38 Å². The van der Waals surface area contributed by atoms with Gasteiger partial charge in [0.25, 0.3) is 0 Å². The fourth-order valence-electron chi connectivity index (χ4n) is 2.28. The van der Waals surface area contributed by atoms with Crippen molar-refractivity contribution in [3.8, 4) is 0 Å². The fraction of sp³-hybridized carbons (Fsp3) is 0.647. The minimum atomic E-state index is 0.142. The standard InChI is InChI=1S/C17H27Cl/c1-11(2)9-17(18)15-8-7-14(12(3)4)10-16(15)13(5)6/h7-8,10-13,17H,9H2,1-6H3. The highest BCUT2D eigenvalue weighted by Crippen LogP contribution is 2.35. The Balaban J connectivity index is 3.11. The topological polar surface area (TPSA) is 0 Å². The minimum Gasteiger partial charge on any atom is -0.118 e. The van der Waals surface area contributed by atoms with Crippen molar-refractivity contribution in [3.63, 3.8) is 0 Å². The van der Waals surface area contributed by atoms with Crippen LogP contribution in [0.5, 0.6) is 0 Å². The Kier molecular flexibility index (Phi) is 5.72. The van der Waals surface area contributed by atoms with Crippen LogP contribution in [0.15, 0.2) is 18.2 Å². The van der Waals surface area contributed by atoms with Crippen molar-refractivity contribution in [1.82, 2.24) is 0 Å². The third kappa shape index (κ3) is 4.02. The van der Waals surface area contributed by atoms with E-state index in [2.05, 4.69) is 59.7 Å². The Morgan fingerprint density at radius 1 is 0.889 bits per heavy atom. The first-order valence-corrected chi connectivity index (χ1v) is 7.54. The molecule has 1 aromatic carbocycles. The Labute approximate surface area is 118 Å². The first-order chi connectivity index (χ1) is 8.32. The molecule has 0 amide bonds. The average molecular weight is 267 g/mol. The van der Waals surface area contributed by atoms with Crippen LogP contribution < -0.4 is 0 Å². The molecule has 0 radical (unpaired) electrons. The van der Waals surface area contributed by atoms with Crippen molar-refractivity contribution in [1.29, 1.82) is 0 Å². The molecule has 0 aliphatic heterocycles. The van der Waals surface area contributed by atoms with Crippen LogP contribution in [-0.4, -0.2) is 0 Å².